The number of carboxylic acid groups (broad SMARTS) is 1. The molecule has 0 fully saturated rings. The maximum atomic E-state index is 13.8. The van der Waals surface area contributed by atoms with Gasteiger partial charge in [0.25, 0.3) is 0 Å². The van der Waals surface area contributed by atoms with E-state index in [1.165, 1.54) is 23.4 Å². The van der Waals surface area contributed by atoms with Crippen LogP contribution in [0.15, 0.2) is 48.5 Å². The van der Waals surface area contributed by atoms with E-state index in [1.807, 2.05) is 30.3 Å². The van der Waals surface area contributed by atoms with Crippen molar-refractivity contribution in [1.29, 1.82) is 0 Å². The van der Waals surface area contributed by atoms with Gasteiger partial charge in [-0.3, -0.25) is 4.79 Å². The molecule has 1 unspecified atom stereocenters. The van der Waals surface area contributed by atoms with E-state index < -0.39 is 5.97 Å². The van der Waals surface area contributed by atoms with Crippen molar-refractivity contribution < 1.29 is 14.3 Å². The van der Waals surface area contributed by atoms with Crippen LogP contribution in [0.5, 0.6) is 0 Å². The van der Waals surface area contributed by atoms with E-state index in [2.05, 4.69) is 6.92 Å². The number of hydrogen-bond acceptors (Lipinski definition) is 2. The molecule has 0 aliphatic rings. The summed E-state index contributed by atoms with van der Waals surface area (Å²) < 4.78 is 13.8. The molecule has 0 saturated carbocycles. The third-order valence-electron chi connectivity index (χ3n) is 3.59. The van der Waals surface area contributed by atoms with Crippen LogP contribution < -0.4 is 0 Å². The van der Waals surface area contributed by atoms with E-state index in [0.717, 1.165) is 17.7 Å². The van der Waals surface area contributed by atoms with E-state index in [0.29, 0.717) is 11.5 Å². The third-order valence-corrected chi connectivity index (χ3v) is 4.56. The highest BCUT2D eigenvalue weighted by Crippen LogP contribution is 2.26. The summed E-state index contributed by atoms with van der Waals surface area (Å²) in [5.74, 6) is 0.345. The van der Waals surface area contributed by atoms with Crippen molar-refractivity contribution in [3.05, 3.63) is 59.9 Å². The fraction of sp³-hybridized carbons (Fsp3) is 0.278. The number of rotatable bonds is 7. The van der Waals surface area contributed by atoms with Gasteiger partial charge in [0.1, 0.15) is 5.82 Å². The number of hydrogen-bond donors (Lipinski definition) is 1. The molecule has 1 N–H and O–H groups in total. The maximum Gasteiger partial charge on any atom is 0.313 e. The molecule has 0 aromatic heterocycles. The number of carbonyl (C=O) groups is 1. The second-order valence-electron chi connectivity index (χ2n) is 5.24. The van der Waals surface area contributed by atoms with Crippen LogP contribution in [0.3, 0.4) is 0 Å². The van der Waals surface area contributed by atoms with Crippen molar-refractivity contribution in [2.45, 2.75) is 19.3 Å². The number of halogens is 1. The van der Waals surface area contributed by atoms with Crippen LogP contribution in [-0.4, -0.2) is 22.6 Å². The molecular formula is C18H19FO2S. The monoisotopic (exact) mass is 318 g/mol. The largest absolute Gasteiger partial charge is 0.481 e. The Kier molecular flexibility index (Phi) is 6.01. The van der Waals surface area contributed by atoms with Crippen LogP contribution in [0.2, 0.25) is 0 Å². The predicted octanol–water partition coefficient (Wildman–Crippen LogP) is 4.80. The molecule has 4 heteroatoms. The van der Waals surface area contributed by atoms with Gasteiger partial charge in [0.15, 0.2) is 0 Å². The predicted molar refractivity (Wildman–Crippen MR) is 89.8 cm³/mol. The molecule has 2 rings (SSSR count). The molecule has 1 atom stereocenters. The van der Waals surface area contributed by atoms with Crippen LogP contribution >= 0.6 is 11.8 Å². The van der Waals surface area contributed by atoms with Gasteiger partial charge in [-0.2, -0.15) is 11.8 Å². The van der Waals surface area contributed by atoms with E-state index in [-0.39, 0.29) is 11.6 Å². The molecule has 2 aromatic rings. The summed E-state index contributed by atoms with van der Waals surface area (Å²) in [5, 5.41) is 8.61. The van der Waals surface area contributed by atoms with Crippen molar-refractivity contribution in [2.24, 2.45) is 0 Å². The van der Waals surface area contributed by atoms with Crippen molar-refractivity contribution in [3.63, 3.8) is 0 Å². The Labute approximate surface area is 134 Å². The zero-order valence-electron chi connectivity index (χ0n) is 12.5. The van der Waals surface area contributed by atoms with Gasteiger partial charge in [0.2, 0.25) is 0 Å². The first-order valence-corrected chi connectivity index (χ1v) is 8.38. The summed E-state index contributed by atoms with van der Waals surface area (Å²) in [4.78, 5) is 10.5. The van der Waals surface area contributed by atoms with Crippen LogP contribution in [0.4, 0.5) is 4.39 Å². The third kappa shape index (κ3) is 4.60. The number of benzene rings is 2. The van der Waals surface area contributed by atoms with Gasteiger partial charge in [-0.05, 0) is 35.3 Å². The van der Waals surface area contributed by atoms with Gasteiger partial charge in [0, 0.05) is 5.56 Å². The summed E-state index contributed by atoms with van der Waals surface area (Å²) in [5.41, 5.74) is 2.67. The van der Waals surface area contributed by atoms with Crippen molar-refractivity contribution in [1.82, 2.24) is 0 Å². The maximum absolute atomic E-state index is 13.8. The Bertz CT molecular complexity index is 625. The zero-order valence-corrected chi connectivity index (χ0v) is 13.3. The van der Waals surface area contributed by atoms with Gasteiger partial charge < -0.3 is 5.11 Å². The SMILES string of the molecule is CC(CCSCC(=O)O)c1ccc(-c2ccccc2F)cc1. The molecule has 22 heavy (non-hydrogen) atoms. The van der Waals surface area contributed by atoms with Gasteiger partial charge in [0.05, 0.1) is 5.75 Å². The quantitative estimate of drug-likeness (QED) is 0.745. The topological polar surface area (TPSA) is 37.3 Å². The number of thioether (sulfide) groups is 1. The molecule has 0 saturated heterocycles. The van der Waals surface area contributed by atoms with Crippen molar-refractivity contribution >= 4 is 17.7 Å². The number of carboxylic acids is 1. The molecule has 0 heterocycles. The Morgan fingerprint density at radius 1 is 1.18 bits per heavy atom. The summed E-state index contributed by atoms with van der Waals surface area (Å²) in [7, 11) is 0. The van der Waals surface area contributed by atoms with Gasteiger partial charge in [-0.25, -0.2) is 4.39 Å². The van der Waals surface area contributed by atoms with E-state index in [4.69, 9.17) is 5.11 Å². The molecule has 0 aliphatic carbocycles. The van der Waals surface area contributed by atoms with Crippen LogP contribution in [0, 0.1) is 5.82 Å². The van der Waals surface area contributed by atoms with Crippen LogP contribution in [0.25, 0.3) is 11.1 Å². The lowest BCUT2D eigenvalue weighted by atomic mass is 9.96. The van der Waals surface area contributed by atoms with Crippen LogP contribution in [-0.2, 0) is 4.79 Å². The minimum absolute atomic E-state index is 0.152. The van der Waals surface area contributed by atoms with Crippen LogP contribution in [0.1, 0.15) is 24.8 Å². The average Bonchev–Trinajstić information content (AvgIpc) is 2.52. The Hall–Kier alpha value is -1.81. The minimum Gasteiger partial charge on any atom is -0.481 e. The number of aliphatic carboxylic acids is 1. The van der Waals surface area contributed by atoms with E-state index in [1.54, 1.807) is 12.1 Å². The first kappa shape index (κ1) is 16.6. The molecule has 0 amide bonds. The second-order valence-corrected chi connectivity index (χ2v) is 6.34. The van der Waals surface area contributed by atoms with Crippen molar-refractivity contribution in [3.8, 4) is 11.1 Å². The molecule has 0 aliphatic heterocycles. The summed E-state index contributed by atoms with van der Waals surface area (Å²) in [6.07, 6.45) is 0.928. The molecule has 116 valence electrons. The smallest absolute Gasteiger partial charge is 0.313 e. The normalized spacial score (nSPS) is 12.1. The Morgan fingerprint density at radius 2 is 1.86 bits per heavy atom. The lowest BCUT2D eigenvalue weighted by Gasteiger charge is -2.12. The van der Waals surface area contributed by atoms with E-state index >= 15 is 0 Å². The standard InChI is InChI=1S/C18H19FO2S/c1-13(10-11-22-12-18(20)21)14-6-8-15(9-7-14)16-4-2-3-5-17(16)19/h2-9,13H,10-12H2,1H3,(H,20,21). The highest BCUT2D eigenvalue weighted by Gasteiger charge is 2.08. The molecule has 0 spiro atoms. The van der Waals surface area contributed by atoms with Gasteiger partial charge in [-0.15, -0.1) is 0 Å². The molecule has 2 nitrogen and oxygen atoms in total. The highest BCUT2D eigenvalue weighted by atomic mass is 32.2. The van der Waals surface area contributed by atoms with E-state index in [9.17, 15) is 9.18 Å². The molecule has 2 aromatic carbocycles. The summed E-state index contributed by atoms with van der Waals surface area (Å²) in [6, 6.07) is 14.7. The highest BCUT2D eigenvalue weighted by molar-refractivity contribution is 7.99. The average molecular weight is 318 g/mol. The lowest BCUT2D eigenvalue weighted by molar-refractivity contribution is -0.133. The Balaban J connectivity index is 1.97. The first-order chi connectivity index (χ1) is 10.6. The van der Waals surface area contributed by atoms with Crippen molar-refractivity contribution in [2.75, 3.05) is 11.5 Å². The molecule has 0 bridgehead atoms. The Morgan fingerprint density at radius 3 is 2.50 bits per heavy atom. The first-order valence-electron chi connectivity index (χ1n) is 7.22. The lowest BCUT2D eigenvalue weighted by Crippen LogP contribution is -2.01. The zero-order chi connectivity index (χ0) is 15.9. The molecule has 0 radical (unpaired) electrons. The minimum atomic E-state index is -0.771. The fourth-order valence-corrected chi connectivity index (χ4v) is 3.11. The fourth-order valence-electron chi connectivity index (χ4n) is 2.27. The molecular weight excluding hydrogens is 299 g/mol. The summed E-state index contributed by atoms with van der Waals surface area (Å²) >= 11 is 1.44. The van der Waals surface area contributed by atoms with Gasteiger partial charge >= 0.3 is 5.97 Å². The second kappa shape index (κ2) is 7.99. The summed E-state index contributed by atoms with van der Waals surface area (Å²) in [6.45, 7) is 2.12. The van der Waals surface area contributed by atoms with Gasteiger partial charge in [-0.1, -0.05) is 49.4 Å².